The number of esters is 2. The zero-order chi connectivity index (χ0) is 31.2. The van der Waals surface area contributed by atoms with E-state index in [4.69, 9.17) is 71.1 Å². The van der Waals surface area contributed by atoms with Gasteiger partial charge in [0, 0.05) is 28.9 Å². The Bertz CT molecular complexity index is 1150. The smallest absolute Gasteiger partial charge is 0.337 e. The maximum absolute atomic E-state index is 13.8. The first-order chi connectivity index (χ1) is 20.1. The summed E-state index contributed by atoms with van der Waals surface area (Å²) in [7, 11) is 1.27. The molecule has 1 heterocycles. The van der Waals surface area contributed by atoms with Gasteiger partial charge < -0.3 is 30.0 Å². The van der Waals surface area contributed by atoms with Crippen molar-refractivity contribution < 1.29 is 28.5 Å². The van der Waals surface area contributed by atoms with Crippen LogP contribution in [-0.2, 0) is 28.5 Å². The van der Waals surface area contributed by atoms with Crippen LogP contribution in [0.15, 0.2) is 52.9 Å². The number of alkyl halides is 2. The van der Waals surface area contributed by atoms with Crippen molar-refractivity contribution in [1.29, 1.82) is 0 Å². The molecule has 0 aliphatic carbocycles. The van der Waals surface area contributed by atoms with Crippen LogP contribution < -0.4 is 11.1 Å². The molecule has 1 aliphatic rings. The van der Waals surface area contributed by atoms with E-state index in [9.17, 15) is 9.59 Å². The second-order valence-corrected chi connectivity index (χ2v) is 11.4. The molecule has 0 bridgehead atoms. The number of carbonyl (C=O) groups excluding carboxylic acids is 2. The van der Waals surface area contributed by atoms with Crippen LogP contribution in [-0.4, -0.2) is 69.4 Å². The molecule has 0 fully saturated rings. The number of allylic oxidation sites excluding steroid dienone is 2. The molecular weight excluding hydrogens is 626 g/mol. The van der Waals surface area contributed by atoms with Gasteiger partial charge in [0.05, 0.1) is 66.3 Å². The lowest BCUT2D eigenvalue weighted by atomic mass is 9.80. The third kappa shape index (κ3) is 9.88. The van der Waals surface area contributed by atoms with Crippen molar-refractivity contribution in [2.45, 2.75) is 50.3 Å². The minimum atomic E-state index is -0.944. The first kappa shape index (κ1) is 36.4. The summed E-state index contributed by atoms with van der Waals surface area (Å²) in [6.07, 6.45) is 5.08. The van der Waals surface area contributed by atoms with Gasteiger partial charge in [-0.25, -0.2) is 9.59 Å². The highest BCUT2D eigenvalue weighted by molar-refractivity contribution is 6.42. The molecule has 234 valence electrons. The fourth-order valence-electron chi connectivity index (χ4n) is 4.59. The first-order valence-corrected chi connectivity index (χ1v) is 15.5. The molecule has 0 amide bonds. The number of nitrogens with one attached hydrogen (secondary N) is 1. The maximum atomic E-state index is 13.8. The van der Waals surface area contributed by atoms with Gasteiger partial charge in [-0.3, -0.25) is 0 Å². The molecule has 3 N–H and O–H groups in total. The Labute approximate surface area is 268 Å². The van der Waals surface area contributed by atoms with E-state index in [0.29, 0.717) is 36.7 Å². The SMILES string of the molecule is CCC(Cl)C(/C=C/COC(=O)C1=C(COCCOCCN)NC(C)=C(C(=O)OC)[C@H]1c1cccc(Cl)c1Cl)C(Cl)CC. The van der Waals surface area contributed by atoms with Gasteiger partial charge >= 0.3 is 11.9 Å². The Morgan fingerprint density at radius 3 is 2.31 bits per heavy atom. The summed E-state index contributed by atoms with van der Waals surface area (Å²) in [4.78, 5) is 26.8. The van der Waals surface area contributed by atoms with Crippen LogP contribution in [0.4, 0.5) is 0 Å². The highest BCUT2D eigenvalue weighted by Gasteiger charge is 2.40. The second-order valence-electron chi connectivity index (χ2n) is 9.53. The lowest BCUT2D eigenvalue weighted by Gasteiger charge is -2.32. The van der Waals surface area contributed by atoms with Crippen LogP contribution in [0.5, 0.6) is 0 Å². The maximum Gasteiger partial charge on any atom is 0.337 e. The second kappa shape index (κ2) is 18.8. The minimum absolute atomic E-state index is 0.00364. The number of benzene rings is 1. The number of methoxy groups -OCH3 is 1. The van der Waals surface area contributed by atoms with Gasteiger partial charge in [0.1, 0.15) is 6.61 Å². The highest BCUT2D eigenvalue weighted by atomic mass is 35.5. The molecule has 0 aromatic heterocycles. The summed E-state index contributed by atoms with van der Waals surface area (Å²) in [5.41, 5.74) is 7.12. The third-order valence-corrected chi connectivity index (χ3v) is 8.76. The van der Waals surface area contributed by atoms with Crippen LogP contribution in [0.2, 0.25) is 10.0 Å². The van der Waals surface area contributed by atoms with Crippen molar-refractivity contribution >= 4 is 58.3 Å². The van der Waals surface area contributed by atoms with Crippen LogP contribution in [0.1, 0.15) is 45.1 Å². The molecule has 3 atom stereocenters. The van der Waals surface area contributed by atoms with E-state index in [1.807, 2.05) is 19.9 Å². The zero-order valence-electron chi connectivity index (χ0n) is 24.4. The number of hydrogen-bond acceptors (Lipinski definition) is 8. The van der Waals surface area contributed by atoms with E-state index in [-0.39, 0.29) is 57.7 Å². The summed E-state index contributed by atoms with van der Waals surface area (Å²) >= 11 is 26.0. The summed E-state index contributed by atoms with van der Waals surface area (Å²) in [6, 6.07) is 5.02. The fraction of sp³-hybridized carbons (Fsp3) is 0.533. The van der Waals surface area contributed by atoms with E-state index in [1.165, 1.54) is 7.11 Å². The van der Waals surface area contributed by atoms with Crippen molar-refractivity contribution in [3.63, 3.8) is 0 Å². The van der Waals surface area contributed by atoms with E-state index < -0.39 is 17.9 Å². The van der Waals surface area contributed by atoms with Gasteiger partial charge in [-0.15, -0.1) is 23.2 Å². The summed E-state index contributed by atoms with van der Waals surface area (Å²) in [6.45, 7) is 7.01. The number of ether oxygens (including phenoxy) is 4. The molecule has 0 saturated heterocycles. The van der Waals surface area contributed by atoms with E-state index in [0.717, 1.165) is 12.8 Å². The van der Waals surface area contributed by atoms with Gasteiger partial charge in [-0.2, -0.15) is 0 Å². The Kier molecular flexibility index (Phi) is 16.3. The third-order valence-electron chi connectivity index (χ3n) is 6.73. The molecule has 42 heavy (non-hydrogen) atoms. The van der Waals surface area contributed by atoms with Gasteiger partial charge in [-0.05, 0) is 31.4 Å². The van der Waals surface area contributed by atoms with Crippen molar-refractivity contribution in [3.05, 3.63) is 68.5 Å². The number of hydrogen-bond donors (Lipinski definition) is 2. The number of nitrogens with two attached hydrogens (primary N) is 1. The summed E-state index contributed by atoms with van der Waals surface area (Å²) in [5.74, 6) is -2.35. The van der Waals surface area contributed by atoms with Crippen molar-refractivity contribution in [1.82, 2.24) is 5.32 Å². The van der Waals surface area contributed by atoms with Crippen LogP contribution >= 0.6 is 46.4 Å². The van der Waals surface area contributed by atoms with Crippen LogP contribution in [0.3, 0.4) is 0 Å². The summed E-state index contributed by atoms with van der Waals surface area (Å²) < 4.78 is 22.0. The fourth-order valence-corrected chi connectivity index (χ4v) is 5.60. The zero-order valence-corrected chi connectivity index (χ0v) is 27.4. The lowest BCUT2D eigenvalue weighted by molar-refractivity contribution is -0.138. The van der Waals surface area contributed by atoms with Crippen molar-refractivity contribution in [2.75, 3.05) is 46.7 Å². The Morgan fingerprint density at radius 2 is 1.69 bits per heavy atom. The average molecular weight is 666 g/mol. The van der Waals surface area contributed by atoms with E-state index in [2.05, 4.69) is 5.32 Å². The molecular formula is C30H40Cl4N2O6. The van der Waals surface area contributed by atoms with Crippen LogP contribution in [0, 0.1) is 5.92 Å². The molecule has 0 saturated carbocycles. The van der Waals surface area contributed by atoms with Crippen molar-refractivity contribution in [2.24, 2.45) is 11.7 Å². The molecule has 12 heteroatoms. The van der Waals surface area contributed by atoms with Crippen LogP contribution in [0.25, 0.3) is 0 Å². The first-order valence-electron chi connectivity index (χ1n) is 13.8. The number of dihydropyridines is 1. The predicted molar refractivity (Wildman–Crippen MR) is 168 cm³/mol. The molecule has 2 rings (SSSR count). The normalized spacial score (nSPS) is 17.7. The topological polar surface area (TPSA) is 109 Å². The Balaban J connectivity index is 2.48. The van der Waals surface area contributed by atoms with Gasteiger partial charge in [0.25, 0.3) is 0 Å². The minimum Gasteiger partial charge on any atom is -0.466 e. The quantitative estimate of drug-likeness (QED) is 0.0886. The predicted octanol–water partition coefficient (Wildman–Crippen LogP) is 6.12. The molecule has 8 nitrogen and oxygen atoms in total. The van der Waals surface area contributed by atoms with Gasteiger partial charge in [-0.1, -0.05) is 61.3 Å². The largest absolute Gasteiger partial charge is 0.466 e. The average Bonchev–Trinajstić information content (AvgIpc) is 2.98. The van der Waals surface area contributed by atoms with E-state index in [1.54, 1.807) is 31.2 Å². The van der Waals surface area contributed by atoms with Gasteiger partial charge in [0.15, 0.2) is 0 Å². The Morgan fingerprint density at radius 1 is 1.02 bits per heavy atom. The molecule has 1 aromatic rings. The standard InChI is InChI=1S/C30H40Cl4N2O6/c1-5-21(31)19(22(32)6-2)10-8-13-42-30(38)27-24(17-41-16-15-40-14-12-35)36-18(3)25(29(37)39-4)26(27)20-9-7-11-23(33)28(20)34/h7-11,19,21-22,26,36H,5-6,12-17,35H2,1-4H3/b10-8+/t19?,21?,22?,26-/m1/s1. The number of halogens is 4. The number of rotatable bonds is 17. The van der Waals surface area contributed by atoms with Gasteiger partial charge in [0.2, 0.25) is 0 Å². The number of carbonyl (C=O) groups is 2. The Hall–Kier alpha value is -1.78. The molecule has 1 aromatic carbocycles. The molecule has 1 aliphatic heterocycles. The lowest BCUT2D eigenvalue weighted by Crippen LogP contribution is -2.35. The monoisotopic (exact) mass is 664 g/mol. The van der Waals surface area contributed by atoms with E-state index >= 15 is 0 Å². The molecule has 2 unspecified atom stereocenters. The summed E-state index contributed by atoms with van der Waals surface area (Å²) in [5, 5.41) is 3.29. The molecule has 0 radical (unpaired) electrons. The van der Waals surface area contributed by atoms with Crippen molar-refractivity contribution in [3.8, 4) is 0 Å². The highest BCUT2D eigenvalue weighted by Crippen LogP contribution is 2.43. The molecule has 0 spiro atoms.